The summed E-state index contributed by atoms with van der Waals surface area (Å²) in [5, 5.41) is 4.26. The molecule has 2 heterocycles. The van der Waals surface area contributed by atoms with Crippen molar-refractivity contribution in [1.29, 1.82) is 0 Å². The molecule has 0 saturated heterocycles. The largest absolute Gasteiger partial charge is 0.333 e. The number of carbonyl (C=O) groups is 1. The summed E-state index contributed by atoms with van der Waals surface area (Å²) in [5.41, 5.74) is 3.15. The third-order valence-corrected chi connectivity index (χ3v) is 4.19. The first kappa shape index (κ1) is 12.7. The van der Waals surface area contributed by atoms with Gasteiger partial charge in [-0.1, -0.05) is 24.3 Å². The number of hydrogen-bond acceptors (Lipinski definition) is 2. The predicted molar refractivity (Wildman–Crippen MR) is 80.8 cm³/mol. The van der Waals surface area contributed by atoms with Crippen LogP contribution < -0.4 is 0 Å². The SMILES string of the molecule is Cn1cc(I)c(C(=O)N2CCc3ccccc3C2)n1. The van der Waals surface area contributed by atoms with Gasteiger partial charge in [0.1, 0.15) is 0 Å². The maximum absolute atomic E-state index is 12.5. The highest BCUT2D eigenvalue weighted by Crippen LogP contribution is 2.21. The van der Waals surface area contributed by atoms with Gasteiger partial charge in [0.25, 0.3) is 5.91 Å². The van der Waals surface area contributed by atoms with E-state index in [1.807, 2.05) is 24.2 Å². The van der Waals surface area contributed by atoms with Crippen molar-refractivity contribution in [1.82, 2.24) is 14.7 Å². The number of nitrogens with zero attached hydrogens (tertiary/aromatic N) is 3. The summed E-state index contributed by atoms with van der Waals surface area (Å²) in [6.45, 7) is 1.45. The van der Waals surface area contributed by atoms with Crippen molar-refractivity contribution in [3.8, 4) is 0 Å². The highest BCUT2D eigenvalue weighted by Gasteiger charge is 2.24. The lowest BCUT2D eigenvalue weighted by atomic mass is 10.00. The van der Waals surface area contributed by atoms with E-state index in [0.29, 0.717) is 12.2 Å². The summed E-state index contributed by atoms with van der Waals surface area (Å²) in [4.78, 5) is 14.4. The van der Waals surface area contributed by atoms with E-state index in [1.54, 1.807) is 4.68 Å². The van der Waals surface area contributed by atoms with Crippen molar-refractivity contribution in [3.63, 3.8) is 0 Å². The number of aromatic nitrogens is 2. The molecule has 0 saturated carbocycles. The number of benzene rings is 1. The Labute approximate surface area is 125 Å². The first-order chi connectivity index (χ1) is 9.15. The van der Waals surface area contributed by atoms with Crippen LogP contribution >= 0.6 is 22.6 Å². The van der Waals surface area contributed by atoms with Gasteiger partial charge in [-0.15, -0.1) is 0 Å². The van der Waals surface area contributed by atoms with E-state index in [4.69, 9.17) is 0 Å². The van der Waals surface area contributed by atoms with Gasteiger partial charge in [-0.2, -0.15) is 5.10 Å². The van der Waals surface area contributed by atoms with E-state index in [0.717, 1.165) is 16.5 Å². The van der Waals surface area contributed by atoms with Crippen molar-refractivity contribution >= 4 is 28.5 Å². The van der Waals surface area contributed by atoms with Gasteiger partial charge in [0.15, 0.2) is 5.69 Å². The van der Waals surface area contributed by atoms with Gasteiger partial charge < -0.3 is 4.90 Å². The monoisotopic (exact) mass is 367 g/mol. The van der Waals surface area contributed by atoms with Crippen molar-refractivity contribution in [2.75, 3.05) is 6.54 Å². The van der Waals surface area contributed by atoms with Crippen molar-refractivity contribution in [3.05, 3.63) is 50.9 Å². The number of aryl methyl sites for hydroxylation is 1. The molecule has 1 amide bonds. The van der Waals surface area contributed by atoms with Crippen LogP contribution in [0.25, 0.3) is 0 Å². The standard InChI is InChI=1S/C14H14IN3O/c1-17-9-12(15)13(16-17)14(19)18-7-6-10-4-2-3-5-11(10)8-18/h2-5,9H,6-8H2,1H3. The van der Waals surface area contributed by atoms with Crippen LogP contribution in [-0.2, 0) is 20.0 Å². The van der Waals surface area contributed by atoms with E-state index >= 15 is 0 Å². The molecule has 1 aliphatic rings. The zero-order chi connectivity index (χ0) is 13.4. The second kappa shape index (κ2) is 4.96. The summed E-state index contributed by atoms with van der Waals surface area (Å²) in [5.74, 6) is 0.0273. The van der Waals surface area contributed by atoms with E-state index < -0.39 is 0 Å². The predicted octanol–water partition coefficient (Wildman–Crippen LogP) is 2.22. The second-order valence-corrected chi connectivity index (χ2v) is 5.91. The zero-order valence-electron chi connectivity index (χ0n) is 10.6. The Bertz CT molecular complexity index is 635. The third-order valence-electron chi connectivity index (χ3n) is 3.40. The molecule has 0 N–H and O–H groups in total. The first-order valence-electron chi connectivity index (χ1n) is 6.20. The van der Waals surface area contributed by atoms with Crippen LogP contribution in [-0.4, -0.2) is 27.1 Å². The molecule has 0 radical (unpaired) electrons. The molecule has 1 aromatic heterocycles. The molecule has 0 unspecified atom stereocenters. The average Bonchev–Trinajstić information content (AvgIpc) is 2.76. The Morgan fingerprint density at radius 1 is 1.32 bits per heavy atom. The molecule has 98 valence electrons. The quantitative estimate of drug-likeness (QED) is 0.725. The molecular weight excluding hydrogens is 353 g/mol. The number of hydrogen-bond donors (Lipinski definition) is 0. The normalized spacial score (nSPS) is 14.3. The molecule has 0 atom stereocenters. The summed E-state index contributed by atoms with van der Waals surface area (Å²) >= 11 is 2.16. The van der Waals surface area contributed by atoms with Crippen LogP contribution in [0, 0.1) is 3.57 Å². The Hall–Kier alpha value is -1.37. The molecule has 3 rings (SSSR count). The van der Waals surface area contributed by atoms with E-state index in [-0.39, 0.29) is 5.91 Å². The van der Waals surface area contributed by atoms with Crippen LogP contribution in [0.3, 0.4) is 0 Å². The number of fused-ring (bicyclic) bond motifs is 1. The first-order valence-corrected chi connectivity index (χ1v) is 7.28. The Morgan fingerprint density at radius 2 is 2.05 bits per heavy atom. The molecule has 5 heteroatoms. The van der Waals surface area contributed by atoms with Crippen LogP contribution in [0.5, 0.6) is 0 Å². The van der Waals surface area contributed by atoms with E-state index in [1.165, 1.54) is 11.1 Å². The molecule has 2 aromatic rings. The van der Waals surface area contributed by atoms with Crippen LogP contribution in [0.4, 0.5) is 0 Å². The fourth-order valence-electron chi connectivity index (χ4n) is 2.42. The molecular formula is C14H14IN3O. The summed E-state index contributed by atoms with van der Waals surface area (Å²) in [7, 11) is 1.84. The van der Waals surface area contributed by atoms with Gasteiger partial charge in [-0.3, -0.25) is 9.48 Å². The zero-order valence-corrected chi connectivity index (χ0v) is 12.8. The van der Waals surface area contributed by atoms with Gasteiger partial charge >= 0.3 is 0 Å². The summed E-state index contributed by atoms with van der Waals surface area (Å²) in [6.07, 6.45) is 2.79. The highest BCUT2D eigenvalue weighted by atomic mass is 127. The lowest BCUT2D eigenvalue weighted by Gasteiger charge is -2.28. The third kappa shape index (κ3) is 2.39. The maximum Gasteiger partial charge on any atom is 0.275 e. The number of halogens is 1. The van der Waals surface area contributed by atoms with Crippen LogP contribution in [0.15, 0.2) is 30.5 Å². The topological polar surface area (TPSA) is 38.1 Å². The molecule has 1 aromatic carbocycles. The molecule has 0 bridgehead atoms. The van der Waals surface area contributed by atoms with Crippen LogP contribution in [0.1, 0.15) is 21.6 Å². The van der Waals surface area contributed by atoms with Gasteiger partial charge in [-0.25, -0.2) is 0 Å². The molecule has 0 fully saturated rings. The molecule has 1 aliphatic heterocycles. The smallest absolute Gasteiger partial charge is 0.275 e. The van der Waals surface area contributed by atoms with Crippen LogP contribution in [0.2, 0.25) is 0 Å². The number of carbonyl (C=O) groups excluding carboxylic acids is 1. The number of rotatable bonds is 1. The fourth-order valence-corrected chi connectivity index (χ4v) is 3.16. The van der Waals surface area contributed by atoms with Gasteiger partial charge in [-0.05, 0) is 40.1 Å². The van der Waals surface area contributed by atoms with E-state index in [9.17, 15) is 4.79 Å². The van der Waals surface area contributed by atoms with Crippen molar-refractivity contribution in [2.24, 2.45) is 7.05 Å². The van der Waals surface area contributed by atoms with Gasteiger partial charge in [0.05, 0.1) is 3.57 Å². The Kier molecular flexibility index (Phi) is 3.30. The highest BCUT2D eigenvalue weighted by molar-refractivity contribution is 14.1. The Morgan fingerprint density at radius 3 is 2.74 bits per heavy atom. The maximum atomic E-state index is 12.5. The van der Waals surface area contributed by atoms with Gasteiger partial charge in [0, 0.05) is 26.3 Å². The molecule has 19 heavy (non-hydrogen) atoms. The second-order valence-electron chi connectivity index (χ2n) is 4.74. The lowest BCUT2D eigenvalue weighted by molar-refractivity contribution is 0.0727. The van der Waals surface area contributed by atoms with Gasteiger partial charge in [0.2, 0.25) is 0 Å². The number of amides is 1. The summed E-state index contributed by atoms with van der Waals surface area (Å²) < 4.78 is 2.59. The molecule has 0 aliphatic carbocycles. The fraction of sp³-hybridized carbons (Fsp3) is 0.286. The summed E-state index contributed by atoms with van der Waals surface area (Å²) in [6, 6.07) is 8.31. The van der Waals surface area contributed by atoms with Crippen molar-refractivity contribution < 1.29 is 4.79 Å². The Balaban J connectivity index is 1.85. The van der Waals surface area contributed by atoms with Crippen molar-refractivity contribution in [2.45, 2.75) is 13.0 Å². The average molecular weight is 367 g/mol. The molecule has 0 spiro atoms. The lowest BCUT2D eigenvalue weighted by Crippen LogP contribution is -2.36. The minimum Gasteiger partial charge on any atom is -0.333 e. The molecule has 4 nitrogen and oxygen atoms in total. The minimum absolute atomic E-state index is 0.0273. The minimum atomic E-state index is 0.0273. The van der Waals surface area contributed by atoms with E-state index in [2.05, 4.69) is 45.9 Å².